The zero-order valence-electron chi connectivity index (χ0n) is 13.5. The van der Waals surface area contributed by atoms with Gasteiger partial charge in [-0.2, -0.15) is 0 Å². The van der Waals surface area contributed by atoms with Gasteiger partial charge < -0.3 is 4.90 Å². The summed E-state index contributed by atoms with van der Waals surface area (Å²) in [4.78, 5) is 2.32. The van der Waals surface area contributed by atoms with Gasteiger partial charge in [-0.3, -0.25) is 0 Å². The molecular formula is C18H29N. The molecular weight excluding hydrogens is 230 g/mol. The van der Waals surface area contributed by atoms with Gasteiger partial charge in [-0.15, -0.1) is 0 Å². The zero-order chi connectivity index (χ0) is 15.0. The SMILES string of the molecule is C=C/C(C)=C/C(C(=C)C)=C(\C=C\C)N(C)C(C)CC. The molecule has 0 rings (SSSR count). The second-order valence-electron chi connectivity index (χ2n) is 5.04. The predicted octanol–water partition coefficient (Wildman–Crippen LogP) is 5.26. The van der Waals surface area contributed by atoms with Crippen molar-refractivity contribution in [1.82, 2.24) is 4.90 Å². The Labute approximate surface area is 119 Å². The lowest BCUT2D eigenvalue weighted by Gasteiger charge is -2.29. The van der Waals surface area contributed by atoms with Crippen LogP contribution in [0, 0.1) is 0 Å². The summed E-state index contributed by atoms with van der Waals surface area (Å²) < 4.78 is 0. The largest absolute Gasteiger partial charge is 0.371 e. The van der Waals surface area contributed by atoms with Gasteiger partial charge in [0.25, 0.3) is 0 Å². The minimum atomic E-state index is 0.498. The van der Waals surface area contributed by atoms with Crippen molar-refractivity contribution in [1.29, 1.82) is 0 Å². The highest BCUT2D eigenvalue weighted by molar-refractivity contribution is 5.47. The molecule has 0 fully saturated rings. The number of allylic oxidation sites excluding steroid dienone is 7. The molecule has 0 heterocycles. The summed E-state index contributed by atoms with van der Waals surface area (Å²) in [6.45, 7) is 18.5. The topological polar surface area (TPSA) is 3.24 Å². The number of hydrogen-bond acceptors (Lipinski definition) is 1. The fourth-order valence-electron chi connectivity index (χ4n) is 1.77. The Balaban J connectivity index is 5.89. The summed E-state index contributed by atoms with van der Waals surface area (Å²) in [6.07, 6.45) is 9.38. The van der Waals surface area contributed by atoms with Gasteiger partial charge in [0.15, 0.2) is 0 Å². The third kappa shape index (κ3) is 5.34. The molecule has 0 bridgehead atoms. The van der Waals surface area contributed by atoms with E-state index in [0.29, 0.717) is 6.04 Å². The molecule has 0 aliphatic rings. The van der Waals surface area contributed by atoms with Crippen molar-refractivity contribution < 1.29 is 0 Å². The van der Waals surface area contributed by atoms with Crippen molar-refractivity contribution in [3.05, 3.63) is 59.9 Å². The van der Waals surface area contributed by atoms with Crippen molar-refractivity contribution in [2.75, 3.05) is 7.05 Å². The summed E-state index contributed by atoms with van der Waals surface area (Å²) in [6, 6.07) is 0.498. The van der Waals surface area contributed by atoms with Crippen molar-refractivity contribution in [2.24, 2.45) is 0 Å². The van der Waals surface area contributed by atoms with E-state index < -0.39 is 0 Å². The molecule has 1 atom stereocenters. The molecule has 1 heteroatoms. The molecule has 0 amide bonds. The fourth-order valence-corrected chi connectivity index (χ4v) is 1.77. The first-order valence-electron chi connectivity index (χ1n) is 6.95. The molecule has 0 aromatic rings. The van der Waals surface area contributed by atoms with Gasteiger partial charge in [-0.05, 0) is 51.8 Å². The van der Waals surface area contributed by atoms with Crippen LogP contribution in [0.15, 0.2) is 59.9 Å². The molecule has 19 heavy (non-hydrogen) atoms. The molecule has 1 unspecified atom stereocenters. The lowest BCUT2D eigenvalue weighted by Crippen LogP contribution is -2.28. The number of nitrogens with zero attached hydrogens (tertiary/aromatic N) is 1. The van der Waals surface area contributed by atoms with E-state index in [1.54, 1.807) is 0 Å². The van der Waals surface area contributed by atoms with Gasteiger partial charge in [0.1, 0.15) is 0 Å². The molecule has 0 aromatic carbocycles. The molecule has 0 aliphatic carbocycles. The van der Waals surface area contributed by atoms with Crippen molar-refractivity contribution in [3.63, 3.8) is 0 Å². The van der Waals surface area contributed by atoms with Crippen molar-refractivity contribution in [3.8, 4) is 0 Å². The van der Waals surface area contributed by atoms with Crippen molar-refractivity contribution >= 4 is 0 Å². The van der Waals surface area contributed by atoms with Gasteiger partial charge in [0.2, 0.25) is 0 Å². The first kappa shape index (κ1) is 17.5. The molecule has 1 nitrogen and oxygen atoms in total. The third-order valence-electron chi connectivity index (χ3n) is 3.39. The number of likely N-dealkylation sites (N-methyl/N-ethyl adjacent to an activating group) is 1. The Kier molecular flexibility index (Phi) is 7.90. The van der Waals surface area contributed by atoms with Gasteiger partial charge >= 0.3 is 0 Å². The molecule has 0 N–H and O–H groups in total. The molecule has 0 spiro atoms. The quantitative estimate of drug-likeness (QED) is 0.564. The van der Waals surface area contributed by atoms with Crippen LogP contribution < -0.4 is 0 Å². The summed E-state index contributed by atoms with van der Waals surface area (Å²) in [7, 11) is 2.14. The molecule has 0 radical (unpaired) electrons. The Morgan fingerprint density at radius 3 is 2.26 bits per heavy atom. The van der Waals surface area contributed by atoms with E-state index >= 15 is 0 Å². The third-order valence-corrected chi connectivity index (χ3v) is 3.39. The fraction of sp³-hybridized carbons (Fsp3) is 0.444. The highest BCUT2D eigenvalue weighted by Crippen LogP contribution is 2.22. The minimum absolute atomic E-state index is 0.498. The first-order valence-corrected chi connectivity index (χ1v) is 6.95. The Hall–Kier alpha value is -1.50. The van der Waals surface area contributed by atoms with E-state index in [1.807, 2.05) is 13.0 Å². The molecule has 0 saturated heterocycles. The van der Waals surface area contributed by atoms with Crippen LogP contribution in [-0.4, -0.2) is 18.0 Å². The Bertz CT molecular complexity index is 407. The van der Waals surface area contributed by atoms with Crippen LogP contribution in [0.5, 0.6) is 0 Å². The van der Waals surface area contributed by atoms with E-state index in [-0.39, 0.29) is 0 Å². The summed E-state index contributed by atoms with van der Waals surface area (Å²) in [5, 5.41) is 0. The van der Waals surface area contributed by atoms with Crippen LogP contribution in [0.1, 0.15) is 41.0 Å². The van der Waals surface area contributed by atoms with Crippen LogP contribution in [-0.2, 0) is 0 Å². The average molecular weight is 259 g/mol. The van der Waals surface area contributed by atoms with Crippen LogP contribution in [0.3, 0.4) is 0 Å². The standard InChI is InChI=1S/C18H29N/c1-9-12-18(19(8)16(7)11-3)17(14(4)5)13-15(6)10-2/h9-10,12-13,16H,2,4,11H2,1,3,5-8H3/b12-9+,15-13+,18-17-. The van der Waals surface area contributed by atoms with E-state index in [4.69, 9.17) is 0 Å². The van der Waals surface area contributed by atoms with E-state index in [9.17, 15) is 0 Å². The highest BCUT2D eigenvalue weighted by Gasteiger charge is 2.12. The second kappa shape index (κ2) is 8.58. The summed E-state index contributed by atoms with van der Waals surface area (Å²) >= 11 is 0. The van der Waals surface area contributed by atoms with Crippen LogP contribution in [0.25, 0.3) is 0 Å². The zero-order valence-corrected chi connectivity index (χ0v) is 13.5. The van der Waals surface area contributed by atoms with Gasteiger partial charge in [0.05, 0.1) is 0 Å². The first-order chi connectivity index (χ1) is 8.88. The van der Waals surface area contributed by atoms with Gasteiger partial charge in [0, 0.05) is 24.4 Å². The van der Waals surface area contributed by atoms with Gasteiger partial charge in [-0.25, -0.2) is 0 Å². The number of rotatable bonds is 7. The number of hydrogen-bond donors (Lipinski definition) is 0. The molecule has 0 saturated carbocycles. The molecule has 0 aromatic heterocycles. The minimum Gasteiger partial charge on any atom is -0.371 e. The normalized spacial score (nSPS) is 15.2. The summed E-state index contributed by atoms with van der Waals surface area (Å²) in [5.41, 5.74) is 4.62. The van der Waals surface area contributed by atoms with Crippen LogP contribution in [0.2, 0.25) is 0 Å². The van der Waals surface area contributed by atoms with Crippen LogP contribution in [0.4, 0.5) is 0 Å². The maximum atomic E-state index is 4.12. The van der Waals surface area contributed by atoms with Gasteiger partial charge in [-0.1, -0.05) is 37.8 Å². The maximum Gasteiger partial charge on any atom is 0.0438 e. The molecule has 106 valence electrons. The van der Waals surface area contributed by atoms with E-state index in [2.05, 4.69) is 71.0 Å². The smallest absolute Gasteiger partial charge is 0.0438 e. The highest BCUT2D eigenvalue weighted by atomic mass is 15.1. The lowest BCUT2D eigenvalue weighted by molar-refractivity contribution is 0.323. The second-order valence-corrected chi connectivity index (χ2v) is 5.04. The summed E-state index contributed by atoms with van der Waals surface area (Å²) in [5.74, 6) is 0. The molecule has 0 aliphatic heterocycles. The Morgan fingerprint density at radius 1 is 1.32 bits per heavy atom. The average Bonchev–Trinajstić information content (AvgIpc) is 2.40. The monoisotopic (exact) mass is 259 g/mol. The van der Waals surface area contributed by atoms with Crippen LogP contribution >= 0.6 is 0 Å². The van der Waals surface area contributed by atoms with Crippen molar-refractivity contribution in [2.45, 2.75) is 47.1 Å². The lowest BCUT2D eigenvalue weighted by atomic mass is 10.0. The van der Waals surface area contributed by atoms with E-state index in [0.717, 1.165) is 17.6 Å². The van der Waals surface area contributed by atoms with E-state index in [1.165, 1.54) is 11.3 Å². The maximum absolute atomic E-state index is 4.12. The predicted molar refractivity (Wildman–Crippen MR) is 88.1 cm³/mol. The Morgan fingerprint density at radius 2 is 1.89 bits per heavy atom.